The number of carbonyl (C=O) groups excluding carboxylic acids is 1. The molecular weight excluding hydrogens is 364 g/mol. The third kappa shape index (κ3) is 4.09. The SMILES string of the molecule is CCCNC(=O)c1nc2n(c1C)CCc1ccccc1C2OC1CCN(C)CC1. The minimum absolute atomic E-state index is 0.0868. The number of piperidine rings is 1. The van der Waals surface area contributed by atoms with Crippen molar-refractivity contribution in [1.82, 2.24) is 19.8 Å². The number of hydrogen-bond acceptors (Lipinski definition) is 4. The van der Waals surface area contributed by atoms with E-state index >= 15 is 0 Å². The van der Waals surface area contributed by atoms with Crippen molar-refractivity contribution in [2.24, 2.45) is 0 Å². The first kappa shape index (κ1) is 20.1. The number of fused-ring (bicyclic) bond motifs is 2. The van der Waals surface area contributed by atoms with Gasteiger partial charge in [0, 0.05) is 31.9 Å². The van der Waals surface area contributed by atoms with Crippen LogP contribution < -0.4 is 5.32 Å². The van der Waals surface area contributed by atoms with Crippen molar-refractivity contribution >= 4 is 5.91 Å². The van der Waals surface area contributed by atoms with E-state index in [9.17, 15) is 4.79 Å². The van der Waals surface area contributed by atoms with Crippen LogP contribution in [-0.2, 0) is 17.7 Å². The molecule has 3 heterocycles. The van der Waals surface area contributed by atoms with Crippen molar-refractivity contribution in [3.05, 3.63) is 52.6 Å². The van der Waals surface area contributed by atoms with E-state index in [1.54, 1.807) is 0 Å². The average Bonchev–Trinajstić information content (AvgIpc) is 2.97. The summed E-state index contributed by atoms with van der Waals surface area (Å²) in [4.78, 5) is 19.9. The van der Waals surface area contributed by atoms with Crippen LogP contribution in [0.2, 0.25) is 0 Å². The number of imidazole rings is 1. The van der Waals surface area contributed by atoms with Crippen molar-refractivity contribution in [1.29, 1.82) is 0 Å². The van der Waals surface area contributed by atoms with Gasteiger partial charge in [-0.25, -0.2) is 4.98 Å². The van der Waals surface area contributed by atoms with Gasteiger partial charge >= 0.3 is 0 Å². The van der Waals surface area contributed by atoms with Crippen molar-refractivity contribution in [3.63, 3.8) is 0 Å². The van der Waals surface area contributed by atoms with Gasteiger partial charge in [-0.2, -0.15) is 0 Å². The Morgan fingerprint density at radius 1 is 1.24 bits per heavy atom. The molecule has 6 heteroatoms. The number of benzene rings is 1. The summed E-state index contributed by atoms with van der Waals surface area (Å²) < 4.78 is 8.90. The van der Waals surface area contributed by atoms with Crippen molar-refractivity contribution < 1.29 is 9.53 Å². The summed E-state index contributed by atoms with van der Waals surface area (Å²) in [5.41, 5.74) is 3.96. The van der Waals surface area contributed by atoms with E-state index in [2.05, 4.69) is 53.0 Å². The standard InChI is InChI=1S/C23H32N4O2/c1-4-12-24-23(28)20-16(2)27-15-9-17-7-5-6-8-19(17)21(22(27)25-20)29-18-10-13-26(3)14-11-18/h5-8,18,21H,4,9-15H2,1-3H3,(H,24,28). The molecule has 6 nitrogen and oxygen atoms in total. The van der Waals surface area contributed by atoms with Gasteiger partial charge in [0.05, 0.1) is 6.10 Å². The number of nitrogens with zero attached hydrogens (tertiary/aromatic N) is 3. The van der Waals surface area contributed by atoms with Crippen LogP contribution in [0.3, 0.4) is 0 Å². The quantitative estimate of drug-likeness (QED) is 0.844. The number of ether oxygens (including phenoxy) is 1. The van der Waals surface area contributed by atoms with Crippen LogP contribution in [0.1, 0.15) is 65.4 Å². The molecule has 1 aromatic heterocycles. The van der Waals surface area contributed by atoms with Gasteiger partial charge in [0.1, 0.15) is 17.6 Å². The molecule has 1 atom stereocenters. The number of likely N-dealkylation sites (tertiary alicyclic amines) is 1. The topological polar surface area (TPSA) is 59.4 Å². The maximum absolute atomic E-state index is 12.7. The molecule has 1 unspecified atom stereocenters. The molecule has 0 bridgehead atoms. The summed E-state index contributed by atoms with van der Waals surface area (Å²) in [5, 5.41) is 2.97. The Morgan fingerprint density at radius 3 is 2.76 bits per heavy atom. The lowest BCUT2D eigenvalue weighted by atomic mass is 10.00. The van der Waals surface area contributed by atoms with Crippen LogP contribution >= 0.6 is 0 Å². The van der Waals surface area contributed by atoms with Gasteiger partial charge in [0.2, 0.25) is 0 Å². The summed E-state index contributed by atoms with van der Waals surface area (Å²) in [6, 6.07) is 8.52. The smallest absolute Gasteiger partial charge is 0.271 e. The fraction of sp³-hybridized carbons (Fsp3) is 0.565. The van der Waals surface area contributed by atoms with Crippen LogP contribution in [0, 0.1) is 6.92 Å². The van der Waals surface area contributed by atoms with Gasteiger partial charge in [0.15, 0.2) is 0 Å². The van der Waals surface area contributed by atoms with Crippen LogP contribution in [0.4, 0.5) is 0 Å². The molecule has 2 aromatic rings. The Bertz CT molecular complexity index is 868. The fourth-order valence-electron chi connectivity index (χ4n) is 4.41. The third-order valence-corrected chi connectivity index (χ3v) is 6.17. The molecule has 0 radical (unpaired) electrons. The largest absolute Gasteiger partial charge is 0.362 e. The lowest BCUT2D eigenvalue weighted by molar-refractivity contribution is -0.0276. The minimum atomic E-state index is -0.228. The molecular formula is C23H32N4O2. The van der Waals surface area contributed by atoms with Gasteiger partial charge in [-0.15, -0.1) is 0 Å². The number of amides is 1. The molecule has 1 aromatic carbocycles. The zero-order valence-electron chi connectivity index (χ0n) is 17.8. The van der Waals surface area contributed by atoms with E-state index < -0.39 is 0 Å². The Hall–Kier alpha value is -2.18. The van der Waals surface area contributed by atoms with Crippen molar-refractivity contribution in [2.75, 3.05) is 26.7 Å². The molecule has 0 aliphatic carbocycles. The highest BCUT2D eigenvalue weighted by molar-refractivity contribution is 5.93. The van der Waals surface area contributed by atoms with E-state index in [4.69, 9.17) is 9.72 Å². The van der Waals surface area contributed by atoms with E-state index in [1.807, 2.05) is 6.92 Å². The van der Waals surface area contributed by atoms with Crippen LogP contribution in [-0.4, -0.2) is 53.1 Å². The molecule has 0 saturated carbocycles. The first-order valence-corrected chi connectivity index (χ1v) is 10.9. The van der Waals surface area contributed by atoms with Crippen LogP contribution in [0.25, 0.3) is 0 Å². The number of carbonyl (C=O) groups is 1. The molecule has 1 saturated heterocycles. The number of aromatic nitrogens is 2. The van der Waals surface area contributed by atoms with E-state index in [1.165, 1.54) is 11.1 Å². The van der Waals surface area contributed by atoms with E-state index in [0.717, 1.165) is 56.8 Å². The summed E-state index contributed by atoms with van der Waals surface area (Å²) in [6.07, 6.45) is 3.87. The summed E-state index contributed by atoms with van der Waals surface area (Å²) in [6.45, 7) is 7.64. The molecule has 29 heavy (non-hydrogen) atoms. The Labute approximate surface area is 173 Å². The highest BCUT2D eigenvalue weighted by Gasteiger charge is 2.32. The molecule has 1 fully saturated rings. The molecule has 1 amide bonds. The lowest BCUT2D eigenvalue weighted by Crippen LogP contribution is -2.35. The first-order valence-electron chi connectivity index (χ1n) is 10.9. The van der Waals surface area contributed by atoms with Gasteiger partial charge < -0.3 is 19.5 Å². The Kier molecular flexibility index (Phi) is 6.01. The molecule has 4 rings (SSSR count). The zero-order chi connectivity index (χ0) is 20.4. The fourth-order valence-corrected chi connectivity index (χ4v) is 4.41. The normalized spacial score (nSPS) is 20.0. The van der Waals surface area contributed by atoms with E-state index in [0.29, 0.717) is 12.2 Å². The van der Waals surface area contributed by atoms with Crippen molar-refractivity contribution in [2.45, 2.75) is 58.3 Å². The highest BCUT2D eigenvalue weighted by Crippen LogP contribution is 2.35. The van der Waals surface area contributed by atoms with E-state index in [-0.39, 0.29) is 18.1 Å². The second-order valence-electron chi connectivity index (χ2n) is 8.28. The number of hydrogen-bond donors (Lipinski definition) is 1. The molecule has 1 N–H and O–H groups in total. The first-order chi connectivity index (χ1) is 14.1. The Balaban J connectivity index is 1.70. The zero-order valence-corrected chi connectivity index (χ0v) is 17.8. The summed E-state index contributed by atoms with van der Waals surface area (Å²) in [7, 11) is 2.16. The van der Waals surface area contributed by atoms with Gasteiger partial charge in [-0.1, -0.05) is 31.2 Å². The van der Waals surface area contributed by atoms with Crippen LogP contribution in [0.5, 0.6) is 0 Å². The predicted octanol–water partition coefficient (Wildman–Crippen LogP) is 3.09. The monoisotopic (exact) mass is 396 g/mol. The number of rotatable bonds is 5. The van der Waals surface area contributed by atoms with Gasteiger partial charge in [-0.3, -0.25) is 4.79 Å². The minimum Gasteiger partial charge on any atom is -0.362 e. The van der Waals surface area contributed by atoms with Crippen LogP contribution in [0.15, 0.2) is 24.3 Å². The highest BCUT2D eigenvalue weighted by atomic mass is 16.5. The van der Waals surface area contributed by atoms with Gasteiger partial charge in [-0.05, 0) is 50.8 Å². The summed E-state index contributed by atoms with van der Waals surface area (Å²) in [5.74, 6) is 0.782. The molecule has 0 spiro atoms. The third-order valence-electron chi connectivity index (χ3n) is 6.17. The predicted molar refractivity (Wildman–Crippen MR) is 113 cm³/mol. The number of aryl methyl sites for hydroxylation is 1. The number of nitrogens with one attached hydrogen (secondary N) is 1. The second kappa shape index (κ2) is 8.67. The second-order valence-corrected chi connectivity index (χ2v) is 8.28. The molecule has 2 aliphatic heterocycles. The molecule has 2 aliphatic rings. The maximum atomic E-state index is 12.7. The van der Waals surface area contributed by atoms with Crippen molar-refractivity contribution in [3.8, 4) is 0 Å². The van der Waals surface area contributed by atoms with Gasteiger partial charge in [0.25, 0.3) is 5.91 Å². The molecule has 156 valence electrons. The lowest BCUT2D eigenvalue weighted by Gasteiger charge is -2.32. The Morgan fingerprint density at radius 2 is 2.00 bits per heavy atom. The summed E-state index contributed by atoms with van der Waals surface area (Å²) >= 11 is 0. The maximum Gasteiger partial charge on any atom is 0.271 e. The average molecular weight is 397 g/mol.